The number of carbonyl (C=O) groups excluding carboxylic acids is 2. The van der Waals surface area contributed by atoms with Gasteiger partial charge in [0.05, 0.1) is 7.11 Å². The fraction of sp³-hybridized carbons (Fsp3) is 0.333. The number of esters is 1. The Morgan fingerprint density at radius 2 is 1.89 bits per heavy atom. The molecule has 1 unspecified atom stereocenters. The molecule has 0 aliphatic carbocycles. The molecule has 0 saturated carbocycles. The number of hydrogen-bond donors (Lipinski definition) is 1. The second-order valence-corrected chi connectivity index (χ2v) is 4.49. The van der Waals surface area contributed by atoms with E-state index in [0.29, 0.717) is 6.42 Å². The van der Waals surface area contributed by atoms with Gasteiger partial charge in [0.1, 0.15) is 6.04 Å². The van der Waals surface area contributed by atoms with Crippen LogP contribution in [0, 0.1) is 0 Å². The lowest BCUT2D eigenvalue weighted by Gasteiger charge is -2.15. The summed E-state index contributed by atoms with van der Waals surface area (Å²) in [6.45, 7) is 0. The lowest BCUT2D eigenvalue weighted by Crippen LogP contribution is -2.42. The Morgan fingerprint density at radius 1 is 1.33 bits per heavy atom. The van der Waals surface area contributed by atoms with E-state index in [1.165, 1.54) is 15.0 Å². The molecule has 0 saturated heterocycles. The molecule has 0 radical (unpaired) electrons. The molecular formula is C12H15BBrNO3. The Labute approximate surface area is 116 Å². The van der Waals surface area contributed by atoms with Gasteiger partial charge >= 0.3 is 5.97 Å². The summed E-state index contributed by atoms with van der Waals surface area (Å²) < 4.78 is 4.67. The predicted octanol–water partition coefficient (Wildman–Crippen LogP) is 1.01. The van der Waals surface area contributed by atoms with Gasteiger partial charge in [-0.15, -0.1) is 0 Å². The third-order valence-electron chi connectivity index (χ3n) is 2.48. The minimum absolute atomic E-state index is 0.248. The SMILES string of the molecule is BC(=O)NC(Cc1ccc(CBr)cc1)C(=O)OC. The first kappa shape index (κ1) is 14.8. The molecule has 1 aromatic rings. The van der Waals surface area contributed by atoms with E-state index in [2.05, 4.69) is 26.0 Å². The number of halogens is 1. The highest BCUT2D eigenvalue weighted by molar-refractivity contribution is 9.08. The number of amides is 1. The van der Waals surface area contributed by atoms with E-state index < -0.39 is 12.0 Å². The lowest BCUT2D eigenvalue weighted by atomic mass is 10.0. The summed E-state index contributed by atoms with van der Waals surface area (Å²) in [6, 6.07) is 7.20. The van der Waals surface area contributed by atoms with Gasteiger partial charge in [0.25, 0.3) is 0 Å². The molecule has 1 atom stereocenters. The number of ether oxygens (including phenoxy) is 1. The van der Waals surface area contributed by atoms with Crippen molar-refractivity contribution >= 4 is 35.6 Å². The molecular weight excluding hydrogens is 297 g/mol. The maximum Gasteiger partial charge on any atom is 0.328 e. The van der Waals surface area contributed by atoms with E-state index >= 15 is 0 Å². The second-order valence-electron chi connectivity index (χ2n) is 3.93. The van der Waals surface area contributed by atoms with E-state index in [-0.39, 0.29) is 5.81 Å². The van der Waals surface area contributed by atoms with Crippen molar-refractivity contribution < 1.29 is 14.3 Å². The molecule has 1 rings (SSSR count). The number of nitrogens with one attached hydrogen (secondary N) is 1. The third kappa shape index (κ3) is 4.53. The summed E-state index contributed by atoms with van der Waals surface area (Å²) in [5.41, 5.74) is 2.14. The Morgan fingerprint density at radius 3 is 2.33 bits per heavy atom. The van der Waals surface area contributed by atoms with Gasteiger partial charge in [0.2, 0.25) is 7.85 Å². The van der Waals surface area contributed by atoms with Crippen molar-refractivity contribution in [3.05, 3.63) is 35.4 Å². The number of rotatable bonds is 5. The van der Waals surface area contributed by atoms with E-state index in [4.69, 9.17) is 0 Å². The first-order chi connectivity index (χ1) is 8.56. The average molecular weight is 312 g/mol. The minimum atomic E-state index is -0.637. The van der Waals surface area contributed by atoms with Gasteiger partial charge < -0.3 is 10.1 Å². The largest absolute Gasteiger partial charge is 0.467 e. The molecule has 0 aromatic heterocycles. The fourth-order valence-corrected chi connectivity index (χ4v) is 1.95. The third-order valence-corrected chi connectivity index (χ3v) is 3.13. The molecule has 6 heteroatoms. The molecule has 0 spiro atoms. The molecule has 4 nitrogen and oxygen atoms in total. The monoisotopic (exact) mass is 311 g/mol. The van der Waals surface area contributed by atoms with E-state index in [9.17, 15) is 9.59 Å². The highest BCUT2D eigenvalue weighted by Crippen LogP contribution is 2.10. The standard InChI is InChI=1S/C12H15BBrNO3/c1-18-11(16)10(15-12(13)17)6-8-2-4-9(7-14)5-3-8/h2-5,10H,6-7,13H2,1H3,(H,15,17). The van der Waals surface area contributed by atoms with Crippen LogP contribution in [0.25, 0.3) is 0 Å². The van der Waals surface area contributed by atoms with Gasteiger partial charge in [-0.25, -0.2) is 4.79 Å². The summed E-state index contributed by atoms with van der Waals surface area (Å²) in [4.78, 5) is 22.6. The summed E-state index contributed by atoms with van der Waals surface area (Å²) in [6.07, 6.45) is 0.425. The Bertz CT molecular complexity index is 422. The van der Waals surface area contributed by atoms with Crippen LogP contribution in [0.4, 0.5) is 4.79 Å². The molecule has 1 N–H and O–H groups in total. The molecule has 0 bridgehead atoms. The highest BCUT2D eigenvalue weighted by atomic mass is 79.9. The number of carbonyl (C=O) groups is 2. The molecule has 0 aliphatic heterocycles. The van der Waals surface area contributed by atoms with Crippen LogP contribution in [0.5, 0.6) is 0 Å². The minimum Gasteiger partial charge on any atom is -0.467 e. The quantitative estimate of drug-likeness (QED) is 0.501. The van der Waals surface area contributed by atoms with Crippen LogP contribution in [-0.2, 0) is 21.3 Å². The summed E-state index contributed by atoms with van der Waals surface area (Å²) >= 11 is 3.37. The molecule has 1 aromatic carbocycles. The molecule has 0 fully saturated rings. The lowest BCUT2D eigenvalue weighted by molar-refractivity contribution is -0.142. The van der Waals surface area contributed by atoms with Crippen molar-refractivity contribution in [3.63, 3.8) is 0 Å². The molecule has 0 aliphatic rings. The molecule has 18 heavy (non-hydrogen) atoms. The van der Waals surface area contributed by atoms with Crippen LogP contribution >= 0.6 is 15.9 Å². The Kier molecular flexibility index (Phi) is 5.91. The summed E-state index contributed by atoms with van der Waals surface area (Å²) in [5, 5.41) is 3.38. The second kappa shape index (κ2) is 7.21. The molecule has 96 valence electrons. The molecule has 0 heterocycles. The van der Waals surface area contributed by atoms with Crippen molar-refractivity contribution in [2.75, 3.05) is 7.11 Å². The maximum atomic E-state index is 11.5. The topological polar surface area (TPSA) is 55.4 Å². The van der Waals surface area contributed by atoms with E-state index in [1.54, 1.807) is 0 Å². The number of alkyl halides is 1. The van der Waals surface area contributed by atoms with Crippen LogP contribution in [0.3, 0.4) is 0 Å². The van der Waals surface area contributed by atoms with Gasteiger partial charge in [-0.2, -0.15) is 0 Å². The zero-order valence-electron chi connectivity index (χ0n) is 10.4. The Hall–Kier alpha value is -1.30. The molecule has 1 amide bonds. The van der Waals surface area contributed by atoms with Crippen LogP contribution in [0.1, 0.15) is 11.1 Å². The number of hydrogen-bond acceptors (Lipinski definition) is 3. The fourth-order valence-electron chi connectivity index (χ4n) is 1.58. The van der Waals surface area contributed by atoms with Crippen molar-refractivity contribution in [2.24, 2.45) is 0 Å². The summed E-state index contributed by atoms with van der Waals surface area (Å²) in [5.74, 6) is -0.683. The van der Waals surface area contributed by atoms with Gasteiger partial charge in [-0.05, 0) is 11.1 Å². The zero-order chi connectivity index (χ0) is 13.5. The van der Waals surface area contributed by atoms with E-state index in [1.807, 2.05) is 24.3 Å². The van der Waals surface area contributed by atoms with Crippen molar-refractivity contribution in [1.29, 1.82) is 0 Å². The number of methoxy groups -OCH3 is 1. The predicted molar refractivity (Wildman–Crippen MR) is 75.7 cm³/mol. The van der Waals surface area contributed by atoms with Crippen molar-refractivity contribution in [1.82, 2.24) is 5.32 Å². The first-order valence-corrected chi connectivity index (χ1v) is 6.67. The van der Waals surface area contributed by atoms with Crippen LogP contribution in [-0.4, -0.2) is 32.8 Å². The highest BCUT2D eigenvalue weighted by Gasteiger charge is 2.20. The van der Waals surface area contributed by atoms with Gasteiger partial charge in [0.15, 0.2) is 5.81 Å². The van der Waals surface area contributed by atoms with Crippen molar-refractivity contribution in [2.45, 2.75) is 17.8 Å². The zero-order valence-corrected chi connectivity index (χ0v) is 12.0. The van der Waals surface area contributed by atoms with Crippen LogP contribution in [0.15, 0.2) is 24.3 Å². The Balaban J connectivity index is 2.75. The van der Waals surface area contributed by atoms with Gasteiger partial charge in [-0.1, -0.05) is 40.2 Å². The smallest absolute Gasteiger partial charge is 0.328 e. The maximum absolute atomic E-state index is 11.5. The number of benzene rings is 1. The first-order valence-electron chi connectivity index (χ1n) is 5.55. The van der Waals surface area contributed by atoms with Crippen LogP contribution < -0.4 is 5.32 Å². The van der Waals surface area contributed by atoms with Gasteiger partial charge in [-0.3, -0.25) is 4.79 Å². The normalized spacial score (nSPS) is 11.7. The summed E-state index contributed by atoms with van der Waals surface area (Å²) in [7, 11) is 2.69. The van der Waals surface area contributed by atoms with Crippen LogP contribution in [0.2, 0.25) is 0 Å². The van der Waals surface area contributed by atoms with Gasteiger partial charge in [0, 0.05) is 11.8 Å². The van der Waals surface area contributed by atoms with E-state index in [0.717, 1.165) is 16.5 Å². The average Bonchev–Trinajstić information content (AvgIpc) is 2.37. The van der Waals surface area contributed by atoms with Crippen molar-refractivity contribution in [3.8, 4) is 0 Å².